The van der Waals surface area contributed by atoms with Gasteiger partial charge in [0.1, 0.15) is 5.69 Å². The maximum absolute atomic E-state index is 12.3. The van der Waals surface area contributed by atoms with Crippen molar-refractivity contribution in [3.63, 3.8) is 0 Å². The number of piperidine rings is 1. The van der Waals surface area contributed by atoms with Gasteiger partial charge in [-0.1, -0.05) is 6.07 Å². The lowest BCUT2D eigenvalue weighted by Gasteiger charge is -2.14. The zero-order valence-corrected chi connectivity index (χ0v) is 8.46. The lowest BCUT2D eigenvalue weighted by Crippen LogP contribution is -2.18. The van der Waals surface area contributed by atoms with E-state index in [1.807, 2.05) is 0 Å². The topological polar surface area (TPSA) is 24.9 Å². The number of pyridine rings is 1. The van der Waals surface area contributed by atoms with Crippen LogP contribution < -0.4 is 5.32 Å². The fourth-order valence-corrected chi connectivity index (χ4v) is 2.47. The second-order valence-corrected chi connectivity index (χ2v) is 4.52. The molecule has 3 atom stereocenters. The second-order valence-electron chi connectivity index (χ2n) is 4.52. The Kier molecular flexibility index (Phi) is 2.01. The number of alkyl halides is 3. The second kappa shape index (κ2) is 3.20. The highest BCUT2D eigenvalue weighted by atomic mass is 19.4. The summed E-state index contributed by atoms with van der Waals surface area (Å²) in [5.74, 6) is 1.34. The van der Waals surface area contributed by atoms with E-state index in [1.54, 1.807) is 0 Å². The first-order valence-electron chi connectivity index (χ1n) is 5.32. The third kappa shape index (κ3) is 1.59. The fourth-order valence-electron chi connectivity index (χ4n) is 2.47. The summed E-state index contributed by atoms with van der Waals surface area (Å²) in [5, 5.41) is 3.31. The van der Waals surface area contributed by atoms with Gasteiger partial charge in [-0.2, -0.15) is 13.2 Å². The van der Waals surface area contributed by atoms with Gasteiger partial charge in [-0.25, -0.2) is 0 Å². The molecule has 1 aromatic rings. The van der Waals surface area contributed by atoms with E-state index in [-0.39, 0.29) is 6.04 Å². The van der Waals surface area contributed by atoms with Crippen molar-refractivity contribution < 1.29 is 13.2 Å². The van der Waals surface area contributed by atoms with Gasteiger partial charge in [0.05, 0.1) is 0 Å². The standard InChI is InChI=1S/C11H11F3N2/c12-11(13,14)9-2-1-6(4-15-9)10-8-3-7(8)5-16-10/h1-2,4,7-8,10,16H,3,5H2. The van der Waals surface area contributed by atoms with Crippen LogP contribution in [0.5, 0.6) is 0 Å². The van der Waals surface area contributed by atoms with Crippen LogP contribution in [0.15, 0.2) is 18.3 Å². The van der Waals surface area contributed by atoms with E-state index in [0.29, 0.717) is 5.92 Å². The number of fused-ring (bicyclic) bond motifs is 1. The lowest BCUT2D eigenvalue weighted by molar-refractivity contribution is -0.141. The first kappa shape index (κ1) is 10.1. The molecule has 0 bridgehead atoms. The number of hydrogen-bond donors (Lipinski definition) is 1. The average Bonchev–Trinajstić information content (AvgIpc) is 2.89. The Balaban J connectivity index is 1.82. The van der Waals surface area contributed by atoms with Crippen LogP contribution in [0.25, 0.3) is 0 Å². The van der Waals surface area contributed by atoms with Gasteiger partial charge in [0.15, 0.2) is 0 Å². The third-order valence-electron chi connectivity index (χ3n) is 3.44. The summed E-state index contributed by atoms with van der Waals surface area (Å²) in [4.78, 5) is 3.48. The minimum absolute atomic E-state index is 0.208. The van der Waals surface area contributed by atoms with Gasteiger partial charge in [0.25, 0.3) is 0 Å². The summed E-state index contributed by atoms with van der Waals surface area (Å²) in [6.45, 7) is 0.982. The van der Waals surface area contributed by atoms with Crippen LogP contribution in [0.4, 0.5) is 13.2 Å². The van der Waals surface area contributed by atoms with Crippen molar-refractivity contribution in [2.75, 3.05) is 6.54 Å². The molecule has 2 aliphatic rings. The number of nitrogens with one attached hydrogen (secondary N) is 1. The predicted octanol–water partition coefficient (Wildman–Crippen LogP) is 2.38. The van der Waals surface area contributed by atoms with Gasteiger partial charge in [-0.3, -0.25) is 4.98 Å². The van der Waals surface area contributed by atoms with Gasteiger partial charge in [0, 0.05) is 12.2 Å². The van der Waals surface area contributed by atoms with Crippen LogP contribution in [0.2, 0.25) is 0 Å². The van der Waals surface area contributed by atoms with Crippen LogP contribution in [0.1, 0.15) is 23.7 Å². The van der Waals surface area contributed by atoms with Gasteiger partial charge < -0.3 is 5.32 Å². The number of nitrogens with zero attached hydrogens (tertiary/aromatic N) is 1. The number of rotatable bonds is 1. The van der Waals surface area contributed by atoms with E-state index in [4.69, 9.17) is 0 Å². The molecule has 0 spiro atoms. The van der Waals surface area contributed by atoms with Gasteiger partial charge in [-0.05, 0) is 36.4 Å². The SMILES string of the molecule is FC(F)(F)c1ccc(C2NCC3CC32)cn1. The van der Waals surface area contributed by atoms with E-state index in [9.17, 15) is 13.2 Å². The Hall–Kier alpha value is -1.10. The van der Waals surface area contributed by atoms with Gasteiger partial charge >= 0.3 is 6.18 Å². The quantitative estimate of drug-likeness (QED) is 0.798. The van der Waals surface area contributed by atoms with Crippen LogP contribution >= 0.6 is 0 Å². The number of aromatic nitrogens is 1. The minimum Gasteiger partial charge on any atom is -0.309 e. The molecule has 1 aliphatic carbocycles. The highest BCUT2D eigenvalue weighted by Crippen LogP contribution is 2.51. The van der Waals surface area contributed by atoms with Crippen molar-refractivity contribution in [1.82, 2.24) is 10.3 Å². The molecule has 5 heteroatoms. The van der Waals surface area contributed by atoms with E-state index in [1.165, 1.54) is 18.7 Å². The molecular weight excluding hydrogens is 217 g/mol. The summed E-state index contributed by atoms with van der Waals surface area (Å²) in [7, 11) is 0. The molecule has 1 saturated heterocycles. The summed E-state index contributed by atoms with van der Waals surface area (Å²) >= 11 is 0. The highest BCUT2D eigenvalue weighted by Gasteiger charge is 2.48. The van der Waals surface area contributed by atoms with E-state index in [2.05, 4.69) is 10.3 Å². The lowest BCUT2D eigenvalue weighted by atomic mass is 10.1. The Labute approximate surface area is 90.9 Å². The van der Waals surface area contributed by atoms with Crippen molar-refractivity contribution in [2.24, 2.45) is 11.8 Å². The monoisotopic (exact) mass is 228 g/mol. The molecule has 2 heterocycles. The third-order valence-corrected chi connectivity index (χ3v) is 3.44. The van der Waals surface area contributed by atoms with Gasteiger partial charge in [0.2, 0.25) is 0 Å². The first-order valence-corrected chi connectivity index (χ1v) is 5.32. The molecule has 1 saturated carbocycles. The number of halogens is 3. The van der Waals surface area contributed by atoms with Crippen molar-refractivity contribution >= 4 is 0 Å². The maximum Gasteiger partial charge on any atom is 0.433 e. The molecule has 1 N–H and O–H groups in total. The molecule has 16 heavy (non-hydrogen) atoms. The molecule has 2 nitrogen and oxygen atoms in total. The zero-order chi connectivity index (χ0) is 11.3. The van der Waals surface area contributed by atoms with Crippen LogP contribution in [0, 0.1) is 11.8 Å². The first-order chi connectivity index (χ1) is 7.55. The minimum atomic E-state index is -4.34. The summed E-state index contributed by atoms with van der Waals surface area (Å²) in [5.41, 5.74) is 0.0552. The Morgan fingerprint density at radius 2 is 2.12 bits per heavy atom. The Morgan fingerprint density at radius 1 is 1.31 bits per heavy atom. The largest absolute Gasteiger partial charge is 0.433 e. The molecule has 86 valence electrons. The molecule has 1 aliphatic heterocycles. The molecular formula is C11H11F3N2. The Morgan fingerprint density at radius 3 is 2.56 bits per heavy atom. The molecule has 3 unspecified atom stereocenters. The summed E-state index contributed by atoms with van der Waals surface area (Å²) in [6, 6.07) is 2.81. The van der Waals surface area contributed by atoms with Crippen LogP contribution in [-0.2, 0) is 6.18 Å². The molecule has 1 aromatic heterocycles. The molecule has 3 rings (SSSR count). The van der Waals surface area contributed by atoms with E-state index in [0.717, 1.165) is 24.1 Å². The zero-order valence-electron chi connectivity index (χ0n) is 8.46. The summed E-state index contributed by atoms with van der Waals surface area (Å²) in [6.07, 6.45) is -1.80. The molecule has 2 fully saturated rings. The van der Waals surface area contributed by atoms with Crippen molar-refractivity contribution in [3.05, 3.63) is 29.6 Å². The Bertz CT molecular complexity index is 399. The smallest absolute Gasteiger partial charge is 0.309 e. The molecule has 0 aromatic carbocycles. The predicted molar refractivity (Wildman–Crippen MR) is 51.6 cm³/mol. The van der Waals surface area contributed by atoms with Crippen LogP contribution in [-0.4, -0.2) is 11.5 Å². The molecule has 0 radical (unpaired) electrons. The molecule has 0 amide bonds. The van der Waals surface area contributed by atoms with Crippen molar-refractivity contribution in [3.8, 4) is 0 Å². The number of hydrogen-bond acceptors (Lipinski definition) is 2. The van der Waals surface area contributed by atoms with Crippen molar-refractivity contribution in [1.29, 1.82) is 0 Å². The fraction of sp³-hybridized carbons (Fsp3) is 0.545. The van der Waals surface area contributed by atoms with Gasteiger partial charge in [-0.15, -0.1) is 0 Å². The highest BCUT2D eigenvalue weighted by molar-refractivity contribution is 5.24. The van der Waals surface area contributed by atoms with E-state index >= 15 is 0 Å². The van der Waals surface area contributed by atoms with Crippen molar-refractivity contribution in [2.45, 2.75) is 18.6 Å². The van der Waals surface area contributed by atoms with E-state index < -0.39 is 11.9 Å². The average molecular weight is 228 g/mol. The maximum atomic E-state index is 12.3. The normalized spacial score (nSPS) is 32.6. The van der Waals surface area contributed by atoms with Crippen LogP contribution in [0.3, 0.4) is 0 Å². The summed E-state index contributed by atoms with van der Waals surface area (Å²) < 4.78 is 36.9.